The quantitative estimate of drug-likeness (QED) is 0.205. The second kappa shape index (κ2) is 12.1. The average Bonchev–Trinajstić information content (AvgIpc) is 2.95. The van der Waals surface area contributed by atoms with Crippen LogP contribution in [0, 0.1) is 5.92 Å². The zero-order valence-corrected chi connectivity index (χ0v) is 22.5. The molecule has 5 rings (SSSR count). The lowest BCUT2D eigenvalue weighted by Crippen LogP contribution is -2.38. The van der Waals surface area contributed by atoms with Gasteiger partial charge in [0.1, 0.15) is 30.6 Å². The number of esters is 2. The molecule has 0 spiro atoms. The summed E-state index contributed by atoms with van der Waals surface area (Å²) in [5.74, 6) is -1.14. The van der Waals surface area contributed by atoms with Gasteiger partial charge in [-0.2, -0.15) is 0 Å². The van der Waals surface area contributed by atoms with E-state index < -0.39 is 23.8 Å². The number of nitrogens with zero attached hydrogens (tertiary/aromatic N) is 1. The topological polar surface area (TPSA) is 91.3 Å². The Balaban J connectivity index is 1.42. The van der Waals surface area contributed by atoms with Crippen LogP contribution in [0.4, 0.5) is 0 Å². The molecular formula is C33H31NO6. The van der Waals surface area contributed by atoms with Crippen LogP contribution < -0.4 is 9.47 Å². The standard InChI is InChI=1S/C33H31NO6/c1-21-30(33(37)39-18-17-38-26-11-7-4-8-12-26)31(24-13-15-27(16-14-24)40-22(2)35)32-28(34-21)19-25(20-29(32)36)23-9-5-3-6-10-23/h3-16,25,30-31H,17-20H2,1-2H3/t25-,30?,31+/m0/s1. The maximum absolute atomic E-state index is 13.7. The summed E-state index contributed by atoms with van der Waals surface area (Å²) >= 11 is 0. The van der Waals surface area contributed by atoms with Crippen LogP contribution in [0.5, 0.6) is 11.5 Å². The molecule has 1 heterocycles. The van der Waals surface area contributed by atoms with Crippen LogP contribution in [0.15, 0.2) is 101 Å². The predicted molar refractivity (Wildman–Crippen MR) is 150 cm³/mol. The third kappa shape index (κ3) is 6.04. The number of para-hydroxylation sites is 1. The molecule has 1 aliphatic carbocycles. The van der Waals surface area contributed by atoms with Crippen LogP contribution in [0.2, 0.25) is 0 Å². The molecule has 0 saturated heterocycles. The molecule has 0 aromatic heterocycles. The van der Waals surface area contributed by atoms with Crippen LogP contribution in [-0.2, 0) is 19.1 Å². The van der Waals surface area contributed by atoms with Gasteiger partial charge >= 0.3 is 11.9 Å². The first kappa shape index (κ1) is 27.1. The summed E-state index contributed by atoms with van der Waals surface area (Å²) in [6, 6.07) is 26.2. The molecule has 0 amide bonds. The van der Waals surface area contributed by atoms with Crippen molar-refractivity contribution in [3.8, 4) is 11.5 Å². The fraction of sp³-hybridized carbons (Fsp3) is 0.273. The van der Waals surface area contributed by atoms with Crippen LogP contribution in [0.25, 0.3) is 0 Å². The van der Waals surface area contributed by atoms with Crippen molar-refractivity contribution < 1.29 is 28.6 Å². The van der Waals surface area contributed by atoms with Gasteiger partial charge in [-0.05, 0) is 54.7 Å². The van der Waals surface area contributed by atoms with Crippen LogP contribution in [-0.4, -0.2) is 36.6 Å². The molecule has 0 fully saturated rings. The van der Waals surface area contributed by atoms with Gasteiger partial charge in [-0.25, -0.2) is 0 Å². The number of hydrogen-bond donors (Lipinski definition) is 0. The maximum Gasteiger partial charge on any atom is 0.315 e. The second-order valence-corrected chi connectivity index (χ2v) is 10.00. The number of Topliss-reactive ketones (excluding diaryl/α,β-unsaturated/α-hetero) is 1. The monoisotopic (exact) mass is 537 g/mol. The molecule has 1 aliphatic heterocycles. The van der Waals surface area contributed by atoms with Crippen molar-refractivity contribution in [3.63, 3.8) is 0 Å². The Morgan fingerprint density at radius 1 is 0.825 bits per heavy atom. The fourth-order valence-electron chi connectivity index (χ4n) is 5.50. The highest BCUT2D eigenvalue weighted by atomic mass is 16.6. The minimum atomic E-state index is -0.771. The first-order valence-corrected chi connectivity index (χ1v) is 13.4. The molecule has 0 bridgehead atoms. The van der Waals surface area contributed by atoms with Crippen molar-refractivity contribution in [2.75, 3.05) is 13.2 Å². The van der Waals surface area contributed by atoms with E-state index in [0.717, 1.165) is 11.1 Å². The average molecular weight is 538 g/mol. The molecule has 7 heteroatoms. The summed E-state index contributed by atoms with van der Waals surface area (Å²) < 4.78 is 16.5. The summed E-state index contributed by atoms with van der Waals surface area (Å²) in [4.78, 5) is 43.5. The molecule has 7 nitrogen and oxygen atoms in total. The minimum absolute atomic E-state index is 0.0226. The summed E-state index contributed by atoms with van der Waals surface area (Å²) in [6.07, 6.45) is 0.948. The highest BCUT2D eigenvalue weighted by molar-refractivity contribution is 6.09. The first-order valence-electron chi connectivity index (χ1n) is 13.4. The van der Waals surface area contributed by atoms with Gasteiger partial charge < -0.3 is 14.2 Å². The van der Waals surface area contributed by atoms with Crippen LogP contribution in [0.3, 0.4) is 0 Å². The van der Waals surface area contributed by atoms with Gasteiger partial charge in [-0.3, -0.25) is 19.4 Å². The maximum atomic E-state index is 13.7. The highest BCUT2D eigenvalue weighted by Crippen LogP contribution is 2.47. The Hall–Kier alpha value is -4.52. The Bertz CT molecular complexity index is 1440. The molecule has 3 aromatic rings. The summed E-state index contributed by atoms with van der Waals surface area (Å²) in [6.45, 7) is 3.41. The van der Waals surface area contributed by atoms with Crippen molar-refractivity contribution in [2.45, 2.75) is 38.5 Å². The number of carbonyl (C=O) groups is 3. The van der Waals surface area contributed by atoms with Crippen molar-refractivity contribution in [1.82, 2.24) is 0 Å². The van der Waals surface area contributed by atoms with Crippen LogP contribution in [0.1, 0.15) is 49.7 Å². The van der Waals surface area contributed by atoms with E-state index in [1.165, 1.54) is 6.92 Å². The largest absolute Gasteiger partial charge is 0.490 e. The van der Waals surface area contributed by atoms with Gasteiger partial charge in [0.05, 0.1) is 0 Å². The smallest absolute Gasteiger partial charge is 0.315 e. The van der Waals surface area contributed by atoms with Crippen molar-refractivity contribution in [2.24, 2.45) is 10.9 Å². The molecule has 1 unspecified atom stereocenters. The zero-order chi connectivity index (χ0) is 28.1. The first-order chi connectivity index (χ1) is 19.4. The Kier molecular flexibility index (Phi) is 8.20. The van der Waals surface area contributed by atoms with Crippen molar-refractivity contribution in [1.29, 1.82) is 0 Å². The lowest BCUT2D eigenvalue weighted by molar-refractivity contribution is -0.147. The number of aliphatic imine (C=N–C) groups is 1. The van der Waals surface area contributed by atoms with E-state index in [2.05, 4.69) is 0 Å². The van der Waals surface area contributed by atoms with Crippen LogP contribution >= 0.6 is 0 Å². The van der Waals surface area contributed by atoms with E-state index in [-0.39, 0.29) is 24.9 Å². The second-order valence-electron chi connectivity index (χ2n) is 10.00. The lowest BCUT2D eigenvalue weighted by atomic mass is 9.69. The van der Waals surface area contributed by atoms with Crippen molar-refractivity contribution >= 4 is 23.4 Å². The van der Waals surface area contributed by atoms with E-state index >= 15 is 0 Å². The van der Waals surface area contributed by atoms with E-state index in [4.69, 9.17) is 19.2 Å². The van der Waals surface area contributed by atoms with Gasteiger partial charge in [0.25, 0.3) is 0 Å². The summed E-state index contributed by atoms with van der Waals surface area (Å²) in [5.41, 5.74) is 3.72. The van der Waals surface area contributed by atoms with Gasteiger partial charge in [0, 0.05) is 36.2 Å². The molecule has 3 aromatic carbocycles. The number of ether oxygens (including phenoxy) is 3. The number of ketones is 1. The zero-order valence-electron chi connectivity index (χ0n) is 22.5. The Morgan fingerprint density at radius 2 is 1.50 bits per heavy atom. The third-order valence-corrected chi connectivity index (χ3v) is 7.25. The SMILES string of the molecule is CC(=O)Oc1ccc([C@H]2C3=C(C[C@H](c4ccccc4)CC3=O)N=C(C)C2C(=O)OCCOc2ccccc2)cc1. The molecule has 2 aliphatic rings. The number of hydrogen-bond acceptors (Lipinski definition) is 7. The van der Waals surface area contributed by atoms with Gasteiger partial charge in [-0.1, -0.05) is 60.7 Å². The molecule has 3 atom stereocenters. The number of rotatable bonds is 8. The molecule has 0 saturated carbocycles. The Morgan fingerprint density at radius 3 is 2.17 bits per heavy atom. The van der Waals surface area contributed by atoms with E-state index in [9.17, 15) is 14.4 Å². The van der Waals surface area contributed by atoms with E-state index in [1.807, 2.05) is 67.6 Å². The Labute approximate surface area is 233 Å². The predicted octanol–water partition coefficient (Wildman–Crippen LogP) is 5.81. The number of carbonyl (C=O) groups excluding carboxylic acids is 3. The number of allylic oxidation sites excluding steroid dienone is 2. The minimum Gasteiger partial charge on any atom is -0.490 e. The normalized spacial score (nSPS) is 20.3. The molecule has 204 valence electrons. The summed E-state index contributed by atoms with van der Waals surface area (Å²) in [5, 5.41) is 0. The molecule has 40 heavy (non-hydrogen) atoms. The summed E-state index contributed by atoms with van der Waals surface area (Å²) in [7, 11) is 0. The molecular weight excluding hydrogens is 506 g/mol. The molecule has 0 N–H and O–H groups in total. The highest BCUT2D eigenvalue weighted by Gasteiger charge is 2.44. The van der Waals surface area contributed by atoms with Crippen molar-refractivity contribution in [3.05, 3.63) is 107 Å². The van der Waals surface area contributed by atoms with Gasteiger partial charge in [0.2, 0.25) is 0 Å². The fourth-order valence-corrected chi connectivity index (χ4v) is 5.50. The lowest BCUT2D eigenvalue weighted by Gasteiger charge is -2.36. The van der Waals surface area contributed by atoms with Gasteiger partial charge in [-0.15, -0.1) is 0 Å². The third-order valence-electron chi connectivity index (χ3n) is 7.25. The number of benzene rings is 3. The van der Waals surface area contributed by atoms with E-state index in [1.54, 1.807) is 24.3 Å². The molecule has 0 radical (unpaired) electrons. The van der Waals surface area contributed by atoms with Gasteiger partial charge in [0.15, 0.2) is 5.78 Å². The van der Waals surface area contributed by atoms with E-state index in [0.29, 0.717) is 41.3 Å².